The van der Waals surface area contributed by atoms with Gasteiger partial charge in [-0.25, -0.2) is 4.98 Å². The van der Waals surface area contributed by atoms with Crippen molar-refractivity contribution in [3.05, 3.63) is 71.7 Å². The largest absolute Gasteiger partial charge is 0.480 e. The van der Waals surface area contributed by atoms with Gasteiger partial charge in [0.1, 0.15) is 6.04 Å². The molecule has 1 aromatic carbocycles. The minimum Gasteiger partial charge on any atom is -0.480 e. The molecule has 1 atom stereocenters. The molecule has 0 fully saturated rings. The average Bonchev–Trinajstić information content (AvgIpc) is 3.24. The number of nitrogens with zero attached hydrogens (tertiary/aromatic N) is 2. The molecule has 1 heterocycles. The first kappa shape index (κ1) is 23.1. The highest BCUT2D eigenvalue weighted by atomic mass is 32.1. The third-order valence-electron chi connectivity index (χ3n) is 4.47. The van der Waals surface area contributed by atoms with Crippen molar-refractivity contribution in [2.24, 2.45) is 0 Å². The number of amides is 1. The Balaban J connectivity index is 2.04. The van der Waals surface area contributed by atoms with Crippen molar-refractivity contribution in [3.8, 4) is 11.3 Å². The first-order valence-electron chi connectivity index (χ1n) is 9.67. The van der Waals surface area contributed by atoms with Crippen LogP contribution < -0.4 is 10.2 Å². The van der Waals surface area contributed by atoms with Crippen LogP contribution >= 0.6 is 11.3 Å². The number of nitrogens with one attached hydrogen (secondary N) is 1. The summed E-state index contributed by atoms with van der Waals surface area (Å²) in [5.41, 5.74) is 3.23. The molecule has 2 N–H and O–H groups in total. The molecule has 0 bridgehead atoms. The van der Waals surface area contributed by atoms with E-state index >= 15 is 0 Å². The van der Waals surface area contributed by atoms with Crippen LogP contribution in [0, 0.1) is 0 Å². The molecule has 7 heteroatoms. The van der Waals surface area contributed by atoms with E-state index in [1.807, 2.05) is 54.8 Å². The van der Waals surface area contributed by atoms with Gasteiger partial charge in [0, 0.05) is 29.6 Å². The second-order valence-electron chi connectivity index (χ2n) is 6.65. The van der Waals surface area contributed by atoms with Crippen LogP contribution in [0.15, 0.2) is 71.7 Å². The molecule has 30 heavy (non-hydrogen) atoms. The summed E-state index contributed by atoms with van der Waals surface area (Å²) in [6, 6.07) is 9.08. The van der Waals surface area contributed by atoms with E-state index in [1.165, 1.54) is 6.92 Å². The fourth-order valence-electron chi connectivity index (χ4n) is 2.56. The van der Waals surface area contributed by atoms with Gasteiger partial charge in [0.15, 0.2) is 5.13 Å². The Morgan fingerprint density at radius 3 is 2.60 bits per heavy atom. The number of benzene rings is 1. The maximum absolute atomic E-state index is 12.0. The predicted molar refractivity (Wildman–Crippen MR) is 123 cm³/mol. The van der Waals surface area contributed by atoms with E-state index in [-0.39, 0.29) is 5.57 Å². The Bertz CT molecular complexity index is 948. The van der Waals surface area contributed by atoms with Crippen molar-refractivity contribution in [1.29, 1.82) is 0 Å². The van der Waals surface area contributed by atoms with Gasteiger partial charge in [0.25, 0.3) is 5.91 Å². The molecule has 1 aromatic heterocycles. The van der Waals surface area contributed by atoms with Gasteiger partial charge in [-0.3, -0.25) is 9.59 Å². The summed E-state index contributed by atoms with van der Waals surface area (Å²) in [7, 11) is 0. The van der Waals surface area contributed by atoms with Crippen LogP contribution in [0.5, 0.6) is 0 Å². The monoisotopic (exact) mass is 425 g/mol. The van der Waals surface area contributed by atoms with Crippen LogP contribution in [-0.4, -0.2) is 41.1 Å². The van der Waals surface area contributed by atoms with Crippen molar-refractivity contribution >= 4 is 28.3 Å². The number of rotatable bonds is 10. The second kappa shape index (κ2) is 11.1. The van der Waals surface area contributed by atoms with Gasteiger partial charge in [-0.05, 0) is 32.4 Å². The fourth-order valence-corrected chi connectivity index (χ4v) is 3.46. The molecule has 0 aliphatic carbocycles. The minimum atomic E-state index is -1.09. The number of carbonyl (C=O) groups excluding carboxylic acids is 1. The number of aromatic nitrogens is 1. The van der Waals surface area contributed by atoms with Gasteiger partial charge in [0.05, 0.1) is 5.69 Å². The molecule has 0 aliphatic rings. The third kappa shape index (κ3) is 6.42. The summed E-state index contributed by atoms with van der Waals surface area (Å²) in [5, 5.41) is 14.3. The lowest BCUT2D eigenvalue weighted by atomic mass is 10.1. The normalized spacial score (nSPS) is 12.6. The van der Waals surface area contributed by atoms with E-state index in [0.717, 1.165) is 28.5 Å². The first-order valence-corrected chi connectivity index (χ1v) is 10.5. The van der Waals surface area contributed by atoms with E-state index < -0.39 is 17.9 Å². The molecule has 158 valence electrons. The molecule has 6 nitrogen and oxygen atoms in total. The van der Waals surface area contributed by atoms with Crippen LogP contribution in [0.1, 0.15) is 20.8 Å². The number of carboxylic acids is 1. The van der Waals surface area contributed by atoms with E-state index in [9.17, 15) is 9.59 Å². The number of carbonyl (C=O) groups is 2. The Kier molecular flexibility index (Phi) is 8.55. The van der Waals surface area contributed by atoms with Crippen LogP contribution in [0.3, 0.4) is 0 Å². The summed E-state index contributed by atoms with van der Waals surface area (Å²) in [4.78, 5) is 29.8. The molecule has 0 spiro atoms. The van der Waals surface area contributed by atoms with Crippen molar-refractivity contribution in [1.82, 2.24) is 10.3 Å². The highest BCUT2D eigenvalue weighted by Gasteiger charge is 2.15. The van der Waals surface area contributed by atoms with Crippen molar-refractivity contribution in [2.45, 2.75) is 26.8 Å². The SMILES string of the molecule is C=C(/C=C\C(=C/C)CN(CC)c1nc(-c2ccccc2)cs1)C(=O)NC(C)C(=O)O. The standard InChI is InChI=1S/C23H27N3O3S/c1-5-18(13-12-16(3)21(27)24-17(4)22(28)29)14-26(6-2)23-25-20(15-30-23)19-10-8-7-9-11-19/h5,7-13,15,17H,3,6,14H2,1-2,4H3,(H,24,27)(H,28,29)/b13-12-,18-5+. The molecule has 1 amide bonds. The van der Waals surface area contributed by atoms with Crippen molar-refractivity contribution in [2.75, 3.05) is 18.0 Å². The molecule has 0 radical (unpaired) electrons. The average molecular weight is 426 g/mol. The van der Waals surface area contributed by atoms with Crippen molar-refractivity contribution < 1.29 is 14.7 Å². The molecule has 0 saturated heterocycles. The highest BCUT2D eigenvalue weighted by molar-refractivity contribution is 7.14. The Morgan fingerprint density at radius 1 is 1.30 bits per heavy atom. The number of likely N-dealkylation sites (N-methyl/N-ethyl adjacent to an activating group) is 1. The smallest absolute Gasteiger partial charge is 0.325 e. The van der Waals surface area contributed by atoms with Crippen LogP contribution in [-0.2, 0) is 9.59 Å². The third-order valence-corrected chi connectivity index (χ3v) is 5.37. The maximum Gasteiger partial charge on any atom is 0.325 e. The maximum atomic E-state index is 12.0. The van der Waals surface area contributed by atoms with E-state index in [0.29, 0.717) is 6.54 Å². The zero-order chi connectivity index (χ0) is 22.1. The molecular weight excluding hydrogens is 398 g/mol. The van der Waals surface area contributed by atoms with Crippen LogP contribution in [0.25, 0.3) is 11.3 Å². The molecular formula is C23H27N3O3S. The Morgan fingerprint density at radius 2 is 2.00 bits per heavy atom. The second-order valence-corrected chi connectivity index (χ2v) is 7.49. The Labute approximate surface area is 181 Å². The summed E-state index contributed by atoms with van der Waals surface area (Å²) in [6.45, 7) is 10.5. The zero-order valence-electron chi connectivity index (χ0n) is 17.5. The molecule has 2 rings (SSSR count). The summed E-state index contributed by atoms with van der Waals surface area (Å²) in [5.74, 6) is -1.59. The quantitative estimate of drug-likeness (QED) is 0.438. The predicted octanol–water partition coefficient (Wildman–Crippen LogP) is 4.28. The van der Waals surface area contributed by atoms with Gasteiger partial charge in [-0.2, -0.15) is 0 Å². The van der Waals surface area contributed by atoms with Gasteiger partial charge >= 0.3 is 5.97 Å². The molecule has 1 unspecified atom stereocenters. The number of allylic oxidation sites excluding steroid dienone is 1. The number of carboxylic acid groups (broad SMARTS) is 1. The Hall–Kier alpha value is -3.19. The summed E-state index contributed by atoms with van der Waals surface area (Å²) >= 11 is 1.59. The van der Waals surface area contributed by atoms with E-state index in [4.69, 9.17) is 10.1 Å². The lowest BCUT2D eigenvalue weighted by Gasteiger charge is -2.20. The molecule has 2 aromatic rings. The van der Waals surface area contributed by atoms with Gasteiger partial charge in [-0.15, -0.1) is 11.3 Å². The van der Waals surface area contributed by atoms with E-state index in [1.54, 1.807) is 17.4 Å². The lowest BCUT2D eigenvalue weighted by molar-refractivity contribution is -0.140. The first-order chi connectivity index (χ1) is 14.3. The van der Waals surface area contributed by atoms with Crippen LogP contribution in [0.2, 0.25) is 0 Å². The molecule has 0 saturated carbocycles. The molecule has 0 aliphatic heterocycles. The number of anilines is 1. The van der Waals surface area contributed by atoms with Gasteiger partial charge < -0.3 is 15.3 Å². The number of hydrogen-bond acceptors (Lipinski definition) is 5. The lowest BCUT2D eigenvalue weighted by Crippen LogP contribution is -2.38. The van der Waals surface area contributed by atoms with Gasteiger partial charge in [-0.1, -0.05) is 49.1 Å². The zero-order valence-corrected chi connectivity index (χ0v) is 18.3. The van der Waals surface area contributed by atoms with Gasteiger partial charge in [0.2, 0.25) is 0 Å². The van der Waals surface area contributed by atoms with Crippen LogP contribution in [0.4, 0.5) is 5.13 Å². The number of hydrogen-bond donors (Lipinski definition) is 2. The fraction of sp³-hybridized carbons (Fsp3) is 0.261. The van der Waals surface area contributed by atoms with Crippen molar-refractivity contribution in [3.63, 3.8) is 0 Å². The topological polar surface area (TPSA) is 82.5 Å². The summed E-state index contributed by atoms with van der Waals surface area (Å²) < 4.78 is 0. The summed E-state index contributed by atoms with van der Waals surface area (Å²) in [6.07, 6.45) is 5.39. The van der Waals surface area contributed by atoms with E-state index in [2.05, 4.69) is 23.7 Å². The minimum absolute atomic E-state index is 0.200. The number of thiazole rings is 1. The number of aliphatic carboxylic acids is 1. The highest BCUT2D eigenvalue weighted by Crippen LogP contribution is 2.27.